The monoisotopic (exact) mass is 463 g/mol. The number of nitrogens with zero attached hydrogens (tertiary/aromatic N) is 3. The second-order valence-electron chi connectivity index (χ2n) is 7.68. The van der Waals surface area contributed by atoms with Crippen molar-refractivity contribution in [1.29, 1.82) is 0 Å². The van der Waals surface area contributed by atoms with Crippen LogP contribution < -0.4 is 14.4 Å². The summed E-state index contributed by atoms with van der Waals surface area (Å²) in [6.45, 7) is 2.88. The zero-order valence-corrected chi connectivity index (χ0v) is 18.5. The van der Waals surface area contributed by atoms with Gasteiger partial charge in [0.05, 0.1) is 18.6 Å². The Labute approximate surface area is 192 Å². The number of hydrogen-bond acceptors (Lipinski definition) is 7. The van der Waals surface area contributed by atoms with Crippen LogP contribution in [0.2, 0.25) is 0 Å². The van der Waals surface area contributed by atoms with E-state index in [1.54, 1.807) is 24.1 Å². The summed E-state index contributed by atoms with van der Waals surface area (Å²) in [4.78, 5) is 26.5. The molecule has 0 spiro atoms. The van der Waals surface area contributed by atoms with Gasteiger partial charge in [-0.2, -0.15) is 0 Å². The van der Waals surface area contributed by atoms with Crippen LogP contribution in [0.3, 0.4) is 0 Å². The highest BCUT2D eigenvalue weighted by Gasteiger charge is 2.34. The van der Waals surface area contributed by atoms with Crippen molar-refractivity contribution in [3.63, 3.8) is 0 Å². The number of nitro groups is 1. The van der Waals surface area contributed by atoms with Crippen LogP contribution >= 0.6 is 12.4 Å². The molecule has 2 aliphatic heterocycles. The summed E-state index contributed by atoms with van der Waals surface area (Å²) in [5.74, 6) is 1.38. The lowest BCUT2D eigenvalue weighted by Crippen LogP contribution is -2.42. The molecule has 32 heavy (non-hydrogen) atoms. The van der Waals surface area contributed by atoms with Gasteiger partial charge in [0.2, 0.25) is 0 Å². The number of carbonyl (C=O) groups is 1. The van der Waals surface area contributed by atoms with Gasteiger partial charge in [-0.1, -0.05) is 0 Å². The number of ether oxygens (including phenoxy) is 3. The number of methoxy groups -OCH3 is 1. The van der Waals surface area contributed by atoms with Crippen molar-refractivity contribution in [2.24, 2.45) is 0 Å². The number of amides is 1. The van der Waals surface area contributed by atoms with Gasteiger partial charge in [-0.15, -0.1) is 12.4 Å². The van der Waals surface area contributed by atoms with E-state index in [2.05, 4.69) is 4.90 Å². The van der Waals surface area contributed by atoms with E-state index in [4.69, 9.17) is 14.2 Å². The van der Waals surface area contributed by atoms with Crippen LogP contribution in [0.1, 0.15) is 12.8 Å². The van der Waals surface area contributed by atoms with Crippen molar-refractivity contribution in [2.45, 2.75) is 25.0 Å². The number of likely N-dealkylation sites (tertiary alicyclic amines) is 1. The normalized spacial score (nSPS) is 19.2. The van der Waals surface area contributed by atoms with Gasteiger partial charge in [0.15, 0.2) is 0 Å². The lowest BCUT2D eigenvalue weighted by molar-refractivity contribution is -0.384. The SMILES string of the molecule is COc1ccc(N2C[C@H](CN3CCC(Oc4ccc([N+](=O)[O-])cc4)CC3)OC2=O)cc1.Cl. The Morgan fingerprint density at radius 3 is 2.28 bits per heavy atom. The highest BCUT2D eigenvalue weighted by atomic mass is 35.5. The Bertz CT molecular complexity index is 916. The van der Waals surface area contributed by atoms with Crippen molar-refractivity contribution in [1.82, 2.24) is 4.90 Å². The number of nitro benzene ring substituents is 1. The fraction of sp³-hybridized carbons (Fsp3) is 0.409. The van der Waals surface area contributed by atoms with E-state index in [9.17, 15) is 14.9 Å². The maximum Gasteiger partial charge on any atom is 0.414 e. The second kappa shape index (κ2) is 10.5. The number of cyclic esters (lactones) is 1. The standard InChI is InChI=1S/C22H25N3O6.ClH/c1-29-18-6-2-16(3-7-18)24-15-21(31-22(24)26)14-23-12-10-20(11-13-23)30-19-8-4-17(5-9-19)25(27)28;/h2-9,20-21H,10-15H2,1H3;1H/t21-;/m0./s1. The molecule has 0 N–H and O–H groups in total. The minimum absolute atomic E-state index is 0. The van der Waals surface area contributed by atoms with E-state index < -0.39 is 4.92 Å². The number of rotatable bonds is 7. The molecule has 2 saturated heterocycles. The summed E-state index contributed by atoms with van der Waals surface area (Å²) < 4.78 is 16.7. The van der Waals surface area contributed by atoms with E-state index in [-0.39, 0.29) is 36.4 Å². The first-order chi connectivity index (χ1) is 15.0. The van der Waals surface area contributed by atoms with E-state index in [1.807, 2.05) is 24.3 Å². The van der Waals surface area contributed by atoms with Crippen molar-refractivity contribution in [3.8, 4) is 11.5 Å². The summed E-state index contributed by atoms with van der Waals surface area (Å²) >= 11 is 0. The number of benzene rings is 2. The fourth-order valence-electron chi connectivity index (χ4n) is 3.93. The van der Waals surface area contributed by atoms with Gasteiger partial charge in [0, 0.05) is 37.5 Å². The summed E-state index contributed by atoms with van der Waals surface area (Å²) in [6, 6.07) is 13.5. The molecule has 0 aromatic heterocycles. The highest BCUT2D eigenvalue weighted by Crippen LogP contribution is 2.26. The van der Waals surface area contributed by atoms with Gasteiger partial charge >= 0.3 is 6.09 Å². The number of carbonyl (C=O) groups excluding carboxylic acids is 1. The van der Waals surface area contributed by atoms with Gasteiger partial charge < -0.3 is 14.2 Å². The Kier molecular flexibility index (Phi) is 7.76. The Morgan fingerprint density at radius 1 is 1.06 bits per heavy atom. The fourth-order valence-corrected chi connectivity index (χ4v) is 3.93. The minimum atomic E-state index is -0.423. The maximum atomic E-state index is 12.3. The molecule has 10 heteroatoms. The largest absolute Gasteiger partial charge is 0.497 e. The zero-order valence-electron chi connectivity index (χ0n) is 17.7. The third-order valence-corrected chi connectivity index (χ3v) is 5.60. The quantitative estimate of drug-likeness (QED) is 0.454. The molecule has 2 aromatic rings. The minimum Gasteiger partial charge on any atom is -0.497 e. The van der Waals surface area contributed by atoms with Crippen LogP contribution in [0.5, 0.6) is 11.5 Å². The molecular weight excluding hydrogens is 438 g/mol. The summed E-state index contributed by atoms with van der Waals surface area (Å²) in [5, 5.41) is 10.7. The smallest absolute Gasteiger partial charge is 0.414 e. The highest BCUT2D eigenvalue weighted by molar-refractivity contribution is 5.89. The molecule has 0 aliphatic carbocycles. The Balaban J connectivity index is 0.00000289. The average Bonchev–Trinajstić information content (AvgIpc) is 3.15. The average molecular weight is 464 g/mol. The molecule has 2 heterocycles. The second-order valence-corrected chi connectivity index (χ2v) is 7.68. The van der Waals surface area contributed by atoms with Crippen molar-refractivity contribution in [2.75, 3.05) is 38.2 Å². The molecule has 2 aliphatic rings. The number of piperidine rings is 1. The molecule has 9 nitrogen and oxygen atoms in total. The van der Waals surface area contributed by atoms with Gasteiger partial charge in [-0.3, -0.25) is 19.9 Å². The first-order valence-corrected chi connectivity index (χ1v) is 10.3. The molecule has 0 saturated carbocycles. The molecule has 0 unspecified atom stereocenters. The molecule has 172 valence electrons. The molecule has 0 bridgehead atoms. The number of halogens is 1. The predicted octanol–water partition coefficient (Wildman–Crippen LogP) is 3.89. The van der Waals surface area contributed by atoms with Crippen LogP contribution in [0, 0.1) is 10.1 Å². The number of hydrogen-bond donors (Lipinski definition) is 0. The molecular formula is C22H26ClN3O6. The van der Waals surface area contributed by atoms with Crippen molar-refractivity contribution in [3.05, 3.63) is 58.6 Å². The van der Waals surface area contributed by atoms with Crippen LogP contribution in [0.25, 0.3) is 0 Å². The van der Waals surface area contributed by atoms with Crippen molar-refractivity contribution >= 4 is 29.9 Å². The van der Waals surface area contributed by atoms with E-state index in [0.717, 1.165) is 37.4 Å². The van der Waals surface area contributed by atoms with Crippen LogP contribution in [0.15, 0.2) is 48.5 Å². The predicted molar refractivity (Wildman–Crippen MR) is 121 cm³/mol. The maximum absolute atomic E-state index is 12.3. The summed E-state index contributed by atoms with van der Waals surface area (Å²) in [6.07, 6.45) is 1.26. The third-order valence-electron chi connectivity index (χ3n) is 5.60. The van der Waals surface area contributed by atoms with Crippen LogP contribution in [-0.2, 0) is 4.74 Å². The van der Waals surface area contributed by atoms with Gasteiger partial charge in [0.25, 0.3) is 5.69 Å². The molecule has 1 atom stereocenters. The lowest BCUT2D eigenvalue weighted by atomic mass is 10.1. The zero-order chi connectivity index (χ0) is 21.8. The van der Waals surface area contributed by atoms with Gasteiger partial charge in [0.1, 0.15) is 23.7 Å². The van der Waals surface area contributed by atoms with E-state index >= 15 is 0 Å². The van der Waals surface area contributed by atoms with E-state index in [0.29, 0.717) is 18.8 Å². The van der Waals surface area contributed by atoms with Crippen molar-refractivity contribution < 1.29 is 23.9 Å². The molecule has 4 rings (SSSR count). The number of anilines is 1. The third kappa shape index (κ3) is 5.60. The summed E-state index contributed by atoms with van der Waals surface area (Å²) in [5.41, 5.74) is 0.848. The Morgan fingerprint density at radius 2 is 1.69 bits per heavy atom. The molecule has 1 amide bonds. The Hall–Kier alpha value is -3.04. The topological polar surface area (TPSA) is 94.4 Å². The van der Waals surface area contributed by atoms with Gasteiger partial charge in [-0.05, 0) is 49.2 Å². The number of non-ortho nitro benzene ring substituents is 1. The molecule has 2 aromatic carbocycles. The van der Waals surface area contributed by atoms with Gasteiger partial charge in [-0.25, -0.2) is 4.79 Å². The molecule has 2 fully saturated rings. The summed E-state index contributed by atoms with van der Waals surface area (Å²) in [7, 11) is 1.61. The first-order valence-electron chi connectivity index (χ1n) is 10.3. The first kappa shape index (κ1) is 23.6. The lowest BCUT2D eigenvalue weighted by Gasteiger charge is -2.33. The molecule has 0 radical (unpaired) electrons. The van der Waals surface area contributed by atoms with Crippen LogP contribution in [-0.4, -0.2) is 61.4 Å². The van der Waals surface area contributed by atoms with Crippen LogP contribution in [0.4, 0.5) is 16.2 Å². The van der Waals surface area contributed by atoms with E-state index in [1.165, 1.54) is 12.1 Å².